The SMILES string of the molecule is O=S(=O)(c1cc(Cl)c(Br)s1)N1CCCC1c1ccc[nH]1. The first kappa shape index (κ1) is 14.6. The first-order valence-corrected chi connectivity index (χ1v) is 9.53. The van der Waals surface area contributed by atoms with E-state index in [2.05, 4.69) is 20.9 Å². The summed E-state index contributed by atoms with van der Waals surface area (Å²) in [6.45, 7) is 0.541. The Morgan fingerprint density at radius 2 is 2.30 bits per heavy atom. The van der Waals surface area contributed by atoms with E-state index in [-0.39, 0.29) is 10.3 Å². The number of nitrogens with one attached hydrogen (secondary N) is 1. The molecule has 2 aromatic heterocycles. The smallest absolute Gasteiger partial charge is 0.253 e. The Bertz CT molecular complexity index is 692. The molecule has 0 radical (unpaired) electrons. The summed E-state index contributed by atoms with van der Waals surface area (Å²) in [6, 6.07) is 5.21. The maximum absolute atomic E-state index is 12.7. The highest BCUT2D eigenvalue weighted by atomic mass is 79.9. The van der Waals surface area contributed by atoms with Crippen molar-refractivity contribution in [3.63, 3.8) is 0 Å². The number of aromatic nitrogens is 1. The Hall–Kier alpha value is -0.340. The van der Waals surface area contributed by atoms with Gasteiger partial charge in [0.25, 0.3) is 10.0 Å². The molecular weight excluding hydrogens is 384 g/mol. The fraction of sp³-hybridized carbons (Fsp3) is 0.333. The van der Waals surface area contributed by atoms with Crippen LogP contribution in [-0.2, 0) is 10.0 Å². The van der Waals surface area contributed by atoms with Crippen molar-refractivity contribution in [3.8, 4) is 0 Å². The molecule has 1 aliphatic rings. The Balaban J connectivity index is 1.98. The van der Waals surface area contributed by atoms with Crippen molar-refractivity contribution in [2.75, 3.05) is 6.54 Å². The predicted molar refractivity (Wildman–Crippen MR) is 83.7 cm³/mol. The first-order chi connectivity index (χ1) is 9.50. The van der Waals surface area contributed by atoms with Crippen LogP contribution in [0, 0.1) is 0 Å². The molecule has 1 aliphatic heterocycles. The van der Waals surface area contributed by atoms with Crippen LogP contribution in [0.15, 0.2) is 32.4 Å². The Morgan fingerprint density at radius 3 is 2.90 bits per heavy atom. The van der Waals surface area contributed by atoms with Crippen molar-refractivity contribution in [2.45, 2.75) is 23.1 Å². The number of rotatable bonds is 3. The van der Waals surface area contributed by atoms with E-state index in [1.165, 1.54) is 6.07 Å². The van der Waals surface area contributed by atoms with Crippen LogP contribution in [0.25, 0.3) is 0 Å². The second-order valence-electron chi connectivity index (χ2n) is 4.59. The summed E-state index contributed by atoms with van der Waals surface area (Å²) in [5, 5.41) is 0.434. The lowest BCUT2D eigenvalue weighted by atomic mass is 10.2. The molecule has 1 unspecified atom stereocenters. The van der Waals surface area contributed by atoms with Gasteiger partial charge in [-0.25, -0.2) is 8.42 Å². The number of hydrogen-bond acceptors (Lipinski definition) is 3. The van der Waals surface area contributed by atoms with E-state index in [0.29, 0.717) is 15.4 Å². The molecule has 1 fully saturated rings. The topological polar surface area (TPSA) is 53.2 Å². The molecule has 1 atom stereocenters. The second kappa shape index (κ2) is 5.46. The summed E-state index contributed by atoms with van der Waals surface area (Å²) in [6.07, 6.45) is 3.51. The number of hydrogen-bond donors (Lipinski definition) is 1. The zero-order valence-corrected chi connectivity index (χ0v) is 14.3. The lowest BCUT2D eigenvalue weighted by Gasteiger charge is -2.22. The molecule has 0 spiro atoms. The predicted octanol–water partition coefficient (Wildman–Crippen LogP) is 4.02. The average molecular weight is 396 g/mol. The molecule has 108 valence electrons. The van der Waals surface area contributed by atoms with Gasteiger partial charge in [0.1, 0.15) is 4.21 Å². The van der Waals surface area contributed by atoms with Gasteiger partial charge in [0.15, 0.2) is 0 Å². The summed E-state index contributed by atoms with van der Waals surface area (Å²) in [5.74, 6) is 0. The fourth-order valence-electron chi connectivity index (χ4n) is 2.46. The maximum atomic E-state index is 12.7. The summed E-state index contributed by atoms with van der Waals surface area (Å²) < 4.78 is 28.0. The molecule has 0 bridgehead atoms. The fourth-order valence-corrected chi connectivity index (χ4v) is 6.66. The maximum Gasteiger partial charge on any atom is 0.253 e. The molecule has 3 heterocycles. The van der Waals surface area contributed by atoms with Crippen molar-refractivity contribution in [3.05, 3.63) is 38.9 Å². The molecule has 0 aliphatic carbocycles. The number of sulfonamides is 1. The quantitative estimate of drug-likeness (QED) is 0.853. The van der Waals surface area contributed by atoms with Crippen molar-refractivity contribution >= 4 is 48.9 Å². The number of H-pyrrole nitrogens is 1. The van der Waals surface area contributed by atoms with Gasteiger partial charge >= 0.3 is 0 Å². The molecule has 1 saturated heterocycles. The third-order valence-corrected chi connectivity index (χ3v) is 8.20. The van der Waals surface area contributed by atoms with Crippen LogP contribution in [0.4, 0.5) is 0 Å². The van der Waals surface area contributed by atoms with Gasteiger partial charge in [0.2, 0.25) is 0 Å². The van der Waals surface area contributed by atoms with Gasteiger partial charge in [-0.2, -0.15) is 4.31 Å². The summed E-state index contributed by atoms with van der Waals surface area (Å²) in [7, 11) is -3.50. The van der Waals surface area contributed by atoms with Crippen molar-refractivity contribution in [1.82, 2.24) is 9.29 Å². The molecule has 0 saturated carbocycles. The van der Waals surface area contributed by atoms with Crippen molar-refractivity contribution < 1.29 is 8.42 Å². The Kier molecular flexibility index (Phi) is 3.98. The molecular formula is C12H12BrClN2O2S2. The lowest BCUT2D eigenvalue weighted by molar-refractivity contribution is 0.392. The minimum absolute atomic E-state index is 0.116. The van der Waals surface area contributed by atoms with Crippen molar-refractivity contribution in [2.24, 2.45) is 0 Å². The van der Waals surface area contributed by atoms with Crippen LogP contribution in [0.1, 0.15) is 24.6 Å². The highest BCUT2D eigenvalue weighted by Gasteiger charge is 2.37. The molecule has 8 heteroatoms. The highest BCUT2D eigenvalue weighted by molar-refractivity contribution is 9.11. The monoisotopic (exact) mass is 394 g/mol. The van der Waals surface area contributed by atoms with Gasteiger partial charge in [-0.1, -0.05) is 11.6 Å². The van der Waals surface area contributed by atoms with E-state index in [9.17, 15) is 8.42 Å². The number of thiophene rings is 1. The zero-order chi connectivity index (χ0) is 14.3. The van der Waals surface area contributed by atoms with Gasteiger partial charge in [0.05, 0.1) is 14.9 Å². The van der Waals surface area contributed by atoms with Gasteiger partial charge in [-0.15, -0.1) is 11.3 Å². The third kappa shape index (κ3) is 2.46. The first-order valence-electron chi connectivity index (χ1n) is 6.10. The molecule has 3 rings (SSSR count). The molecule has 0 amide bonds. The van der Waals surface area contributed by atoms with Crippen molar-refractivity contribution in [1.29, 1.82) is 0 Å². The van der Waals surface area contributed by atoms with Gasteiger partial charge in [-0.05, 0) is 47.0 Å². The standard InChI is InChI=1S/C12H12BrClN2O2S2/c13-12-8(14)7-11(19-12)20(17,18)16-6-2-4-10(16)9-3-1-5-15-9/h1,3,5,7,10,15H,2,4,6H2. The minimum Gasteiger partial charge on any atom is -0.364 e. The van der Waals surface area contributed by atoms with Gasteiger partial charge in [-0.3, -0.25) is 0 Å². The minimum atomic E-state index is -3.50. The molecule has 20 heavy (non-hydrogen) atoms. The van der Waals surface area contributed by atoms with Crippen LogP contribution >= 0.6 is 38.9 Å². The Morgan fingerprint density at radius 1 is 1.50 bits per heavy atom. The number of aromatic amines is 1. The largest absolute Gasteiger partial charge is 0.364 e. The van der Waals surface area contributed by atoms with E-state index < -0.39 is 10.0 Å². The highest BCUT2D eigenvalue weighted by Crippen LogP contribution is 2.40. The number of nitrogens with zero attached hydrogens (tertiary/aromatic N) is 1. The van der Waals surface area contributed by atoms with Crippen LogP contribution in [0.5, 0.6) is 0 Å². The van der Waals surface area contributed by atoms with Crippen LogP contribution < -0.4 is 0 Å². The van der Waals surface area contributed by atoms with E-state index in [4.69, 9.17) is 11.6 Å². The Labute approximate surface area is 134 Å². The summed E-state index contributed by atoms with van der Waals surface area (Å²) in [5.41, 5.74) is 0.938. The van der Waals surface area contributed by atoms with Crippen LogP contribution in [0.2, 0.25) is 5.02 Å². The second-order valence-corrected chi connectivity index (χ2v) is 9.48. The summed E-state index contributed by atoms with van der Waals surface area (Å²) in [4.78, 5) is 3.11. The van der Waals surface area contributed by atoms with Crippen LogP contribution in [0.3, 0.4) is 0 Å². The average Bonchev–Trinajstić information content (AvgIpc) is 3.10. The summed E-state index contributed by atoms with van der Waals surface area (Å²) >= 11 is 10.4. The van der Waals surface area contributed by atoms with E-state index in [0.717, 1.165) is 29.9 Å². The van der Waals surface area contributed by atoms with E-state index in [1.54, 1.807) is 4.31 Å². The third-order valence-electron chi connectivity index (χ3n) is 3.37. The molecule has 1 N–H and O–H groups in total. The lowest BCUT2D eigenvalue weighted by Crippen LogP contribution is -2.30. The van der Waals surface area contributed by atoms with Gasteiger partial charge in [0, 0.05) is 18.4 Å². The number of halogens is 2. The molecule has 2 aromatic rings. The van der Waals surface area contributed by atoms with Crippen LogP contribution in [-0.4, -0.2) is 24.3 Å². The zero-order valence-electron chi connectivity index (χ0n) is 10.3. The molecule has 0 aromatic carbocycles. The molecule has 4 nitrogen and oxygen atoms in total. The van der Waals surface area contributed by atoms with E-state index >= 15 is 0 Å². The van der Waals surface area contributed by atoms with Gasteiger partial charge < -0.3 is 4.98 Å². The normalized spacial score (nSPS) is 20.6. The van der Waals surface area contributed by atoms with E-state index in [1.807, 2.05) is 18.3 Å².